The highest BCUT2D eigenvalue weighted by Gasteiger charge is 2.13. The molecule has 6 heteroatoms. The van der Waals surface area contributed by atoms with Gasteiger partial charge in [0.25, 0.3) is 5.91 Å². The van der Waals surface area contributed by atoms with E-state index in [9.17, 15) is 4.79 Å². The van der Waals surface area contributed by atoms with Crippen molar-refractivity contribution in [2.24, 2.45) is 0 Å². The fraction of sp³-hybridized carbons (Fsp3) is 0.143. The lowest BCUT2D eigenvalue weighted by Crippen LogP contribution is -2.14. The lowest BCUT2D eigenvalue weighted by atomic mass is 10.1. The molecule has 0 fully saturated rings. The molecule has 0 unspecified atom stereocenters. The average molecular weight is 292 g/mol. The number of hydrogen-bond acceptors (Lipinski definition) is 4. The number of nitrogens with one attached hydrogen (secondary N) is 1. The molecule has 3 N–H and O–H groups in total. The van der Waals surface area contributed by atoms with Crippen molar-refractivity contribution in [3.8, 4) is 0 Å². The van der Waals surface area contributed by atoms with Gasteiger partial charge < -0.3 is 15.8 Å². The molecule has 0 radical (unpaired) electrons. The number of rotatable bonds is 4. The van der Waals surface area contributed by atoms with Gasteiger partial charge in [-0.1, -0.05) is 29.8 Å². The first-order valence-corrected chi connectivity index (χ1v) is 6.29. The van der Waals surface area contributed by atoms with E-state index in [0.717, 1.165) is 5.56 Å². The summed E-state index contributed by atoms with van der Waals surface area (Å²) in [5.41, 5.74) is 7.40. The van der Waals surface area contributed by atoms with Gasteiger partial charge in [0.1, 0.15) is 5.82 Å². The largest absolute Gasteiger partial charge is 0.384 e. The molecule has 0 aliphatic rings. The third-order valence-corrected chi connectivity index (χ3v) is 2.99. The minimum Gasteiger partial charge on any atom is -0.384 e. The summed E-state index contributed by atoms with van der Waals surface area (Å²) in [5, 5.41) is 3.04. The Morgan fingerprint density at radius 1 is 1.45 bits per heavy atom. The van der Waals surface area contributed by atoms with Gasteiger partial charge in [0.05, 0.1) is 17.2 Å². The first kappa shape index (κ1) is 14.3. The van der Waals surface area contributed by atoms with E-state index >= 15 is 0 Å². The van der Waals surface area contributed by atoms with Crippen molar-refractivity contribution in [1.29, 1.82) is 0 Å². The molecule has 1 aromatic heterocycles. The molecule has 0 saturated carbocycles. The topological polar surface area (TPSA) is 77.2 Å². The van der Waals surface area contributed by atoms with E-state index in [4.69, 9.17) is 22.1 Å². The maximum atomic E-state index is 12.2. The SMILES string of the molecule is COCc1ccccc1NC(=O)c1cc(N)ncc1Cl. The monoisotopic (exact) mass is 291 g/mol. The molecule has 0 spiro atoms. The number of ether oxygens (including phenoxy) is 1. The molecule has 0 aliphatic carbocycles. The van der Waals surface area contributed by atoms with Gasteiger partial charge in [-0.15, -0.1) is 0 Å². The highest BCUT2D eigenvalue weighted by Crippen LogP contribution is 2.21. The Morgan fingerprint density at radius 2 is 2.20 bits per heavy atom. The molecule has 0 saturated heterocycles. The number of aromatic nitrogens is 1. The highest BCUT2D eigenvalue weighted by atomic mass is 35.5. The number of anilines is 2. The fourth-order valence-corrected chi connectivity index (χ4v) is 1.93. The number of nitrogens with two attached hydrogens (primary N) is 1. The van der Waals surface area contributed by atoms with E-state index in [1.54, 1.807) is 13.2 Å². The molecule has 0 aliphatic heterocycles. The summed E-state index contributed by atoms with van der Waals surface area (Å²) in [6.45, 7) is 0.405. The van der Waals surface area contributed by atoms with Gasteiger partial charge in [0, 0.05) is 24.6 Å². The molecule has 1 heterocycles. The Balaban J connectivity index is 2.26. The summed E-state index contributed by atoms with van der Waals surface area (Å²) in [6, 6.07) is 8.82. The Bertz CT molecular complexity index is 632. The standard InChI is InChI=1S/C14H14ClN3O2/c1-20-8-9-4-2-3-5-12(9)18-14(19)10-6-13(16)17-7-11(10)15/h2-7H,8H2,1H3,(H2,16,17)(H,18,19). The molecule has 0 bridgehead atoms. The lowest BCUT2D eigenvalue weighted by Gasteiger charge is -2.11. The van der Waals surface area contributed by atoms with Gasteiger partial charge in [-0.3, -0.25) is 4.79 Å². The number of nitrogens with zero attached hydrogens (tertiary/aromatic N) is 1. The van der Waals surface area contributed by atoms with Crippen LogP contribution < -0.4 is 11.1 Å². The van der Waals surface area contributed by atoms with Crippen LogP contribution in [0.4, 0.5) is 11.5 Å². The number of pyridine rings is 1. The minimum absolute atomic E-state index is 0.240. The molecule has 5 nitrogen and oxygen atoms in total. The van der Waals surface area contributed by atoms with Crippen molar-refractivity contribution in [2.45, 2.75) is 6.61 Å². The lowest BCUT2D eigenvalue weighted by molar-refractivity contribution is 0.102. The van der Waals surface area contributed by atoms with Crippen molar-refractivity contribution in [1.82, 2.24) is 4.98 Å². The molecule has 2 rings (SSSR count). The molecule has 1 amide bonds. The van der Waals surface area contributed by atoms with E-state index < -0.39 is 0 Å². The van der Waals surface area contributed by atoms with Gasteiger partial charge in [-0.25, -0.2) is 4.98 Å². The van der Waals surface area contributed by atoms with Gasteiger partial charge in [-0.2, -0.15) is 0 Å². The van der Waals surface area contributed by atoms with Crippen LogP contribution in [0.25, 0.3) is 0 Å². The first-order valence-electron chi connectivity index (χ1n) is 5.91. The van der Waals surface area contributed by atoms with Gasteiger partial charge in [0.15, 0.2) is 0 Å². The van der Waals surface area contributed by atoms with E-state index in [-0.39, 0.29) is 22.3 Å². The van der Waals surface area contributed by atoms with Crippen LogP contribution in [0.2, 0.25) is 5.02 Å². The molecule has 2 aromatic rings. The molecular weight excluding hydrogens is 278 g/mol. The van der Waals surface area contributed by atoms with Crippen LogP contribution in [0.15, 0.2) is 36.5 Å². The highest BCUT2D eigenvalue weighted by molar-refractivity contribution is 6.34. The Hall–Kier alpha value is -2.11. The van der Waals surface area contributed by atoms with Crippen molar-refractivity contribution < 1.29 is 9.53 Å². The first-order chi connectivity index (χ1) is 9.61. The second kappa shape index (κ2) is 6.36. The normalized spacial score (nSPS) is 10.3. The minimum atomic E-state index is -0.340. The van der Waals surface area contributed by atoms with Crippen LogP contribution in [-0.2, 0) is 11.3 Å². The van der Waals surface area contributed by atoms with Crippen LogP contribution >= 0.6 is 11.6 Å². The summed E-state index contributed by atoms with van der Waals surface area (Å²) in [5.74, 6) is -0.0996. The van der Waals surface area contributed by atoms with E-state index in [2.05, 4.69) is 10.3 Å². The molecule has 0 atom stereocenters. The second-order valence-electron chi connectivity index (χ2n) is 4.13. The van der Waals surface area contributed by atoms with Gasteiger partial charge >= 0.3 is 0 Å². The summed E-state index contributed by atoms with van der Waals surface area (Å²) >= 11 is 5.95. The van der Waals surface area contributed by atoms with Crippen molar-refractivity contribution >= 4 is 29.0 Å². The van der Waals surface area contributed by atoms with Gasteiger partial charge in [0.2, 0.25) is 0 Å². The molecule has 1 aromatic carbocycles. The molecule has 104 valence electrons. The quantitative estimate of drug-likeness (QED) is 0.908. The van der Waals surface area contributed by atoms with Crippen LogP contribution in [0.3, 0.4) is 0 Å². The number of hydrogen-bond donors (Lipinski definition) is 2. The Kier molecular flexibility index (Phi) is 4.55. The Morgan fingerprint density at radius 3 is 2.95 bits per heavy atom. The number of carbonyl (C=O) groups is 1. The summed E-state index contributed by atoms with van der Waals surface area (Å²) < 4.78 is 5.09. The summed E-state index contributed by atoms with van der Waals surface area (Å²) in [6.07, 6.45) is 1.35. The van der Waals surface area contributed by atoms with Crippen LogP contribution in [0.5, 0.6) is 0 Å². The number of halogens is 1. The molecular formula is C14H14ClN3O2. The number of nitrogen functional groups attached to an aromatic ring is 1. The predicted octanol–water partition coefficient (Wildman–Crippen LogP) is 2.72. The molecule has 20 heavy (non-hydrogen) atoms. The van der Waals surface area contributed by atoms with Crippen LogP contribution in [0.1, 0.15) is 15.9 Å². The number of amides is 1. The van der Waals surface area contributed by atoms with Crippen molar-refractivity contribution in [3.05, 3.63) is 52.7 Å². The number of carbonyl (C=O) groups excluding carboxylic acids is 1. The maximum absolute atomic E-state index is 12.2. The Labute approximate surface area is 121 Å². The van der Waals surface area contributed by atoms with E-state index in [1.807, 2.05) is 18.2 Å². The maximum Gasteiger partial charge on any atom is 0.257 e. The third kappa shape index (κ3) is 3.26. The van der Waals surface area contributed by atoms with E-state index in [0.29, 0.717) is 12.3 Å². The van der Waals surface area contributed by atoms with Crippen LogP contribution in [-0.4, -0.2) is 18.0 Å². The number of para-hydroxylation sites is 1. The van der Waals surface area contributed by atoms with E-state index in [1.165, 1.54) is 12.3 Å². The number of benzene rings is 1. The zero-order valence-corrected chi connectivity index (χ0v) is 11.6. The van der Waals surface area contributed by atoms with Gasteiger partial charge in [-0.05, 0) is 12.1 Å². The summed E-state index contributed by atoms with van der Waals surface area (Å²) in [7, 11) is 1.60. The smallest absolute Gasteiger partial charge is 0.257 e. The second-order valence-corrected chi connectivity index (χ2v) is 4.54. The van der Waals surface area contributed by atoms with Crippen molar-refractivity contribution in [3.63, 3.8) is 0 Å². The number of methoxy groups -OCH3 is 1. The average Bonchev–Trinajstić information content (AvgIpc) is 2.44. The predicted molar refractivity (Wildman–Crippen MR) is 78.8 cm³/mol. The van der Waals surface area contributed by atoms with Crippen molar-refractivity contribution in [2.75, 3.05) is 18.2 Å². The fourth-order valence-electron chi connectivity index (χ4n) is 1.74. The van der Waals surface area contributed by atoms with Crippen LogP contribution in [0, 0.1) is 0 Å². The summed E-state index contributed by atoms with van der Waals surface area (Å²) in [4.78, 5) is 16.0. The third-order valence-electron chi connectivity index (χ3n) is 2.69. The zero-order chi connectivity index (χ0) is 14.5. The zero-order valence-electron chi connectivity index (χ0n) is 10.9.